The fourth-order valence-electron chi connectivity index (χ4n) is 2.75. The lowest BCUT2D eigenvalue weighted by Crippen LogP contribution is -2.29. The molecule has 0 aliphatic rings. The minimum absolute atomic E-state index is 0.0454. The van der Waals surface area contributed by atoms with Crippen molar-refractivity contribution in [3.63, 3.8) is 0 Å². The molecule has 1 unspecified atom stereocenters. The number of amides is 1. The van der Waals surface area contributed by atoms with E-state index in [1.807, 2.05) is 0 Å². The maximum absolute atomic E-state index is 10.9. The van der Waals surface area contributed by atoms with E-state index in [2.05, 4.69) is 12.3 Å². The van der Waals surface area contributed by atoms with Gasteiger partial charge < -0.3 is 0 Å². The molecule has 0 spiro atoms. The average Bonchev–Trinajstić information content (AvgIpc) is 2.53. The van der Waals surface area contributed by atoms with Gasteiger partial charge in [0, 0.05) is 11.7 Å². The third kappa shape index (κ3) is 16.2. The number of hydrogen-bond acceptors (Lipinski definition) is 3. The zero-order valence-corrected chi connectivity index (χ0v) is 15.5. The van der Waals surface area contributed by atoms with Crippen LogP contribution in [0.3, 0.4) is 0 Å². The summed E-state index contributed by atoms with van der Waals surface area (Å²) in [6.45, 7) is 2.26. The quantitative estimate of drug-likeness (QED) is 0.121. The predicted octanol–water partition coefficient (Wildman–Crippen LogP) is 5.15. The zero-order valence-electron chi connectivity index (χ0n) is 14.6. The van der Waals surface area contributed by atoms with Crippen LogP contribution in [0.25, 0.3) is 0 Å². The third-order valence-corrected chi connectivity index (χ3v) is 4.76. The van der Waals surface area contributed by atoms with Crippen molar-refractivity contribution in [2.45, 2.75) is 108 Å². The molecule has 0 heterocycles. The lowest BCUT2D eigenvalue weighted by atomic mass is 10.0. The molecule has 0 fully saturated rings. The van der Waals surface area contributed by atoms with E-state index in [1.165, 1.54) is 77.0 Å². The molecule has 0 bridgehead atoms. The summed E-state index contributed by atoms with van der Waals surface area (Å²) in [5, 5.41) is 0.616. The second kappa shape index (κ2) is 17.1. The summed E-state index contributed by atoms with van der Waals surface area (Å²) < 4.78 is 0. The van der Waals surface area contributed by atoms with Gasteiger partial charge in [-0.15, -0.1) is 0 Å². The summed E-state index contributed by atoms with van der Waals surface area (Å²) in [5.74, 6) is 4.99. The van der Waals surface area contributed by atoms with Gasteiger partial charge in [0.1, 0.15) is 0 Å². The van der Waals surface area contributed by atoms with E-state index in [9.17, 15) is 4.79 Å². The number of unbranched alkanes of at least 4 members (excludes halogenated alkanes) is 10. The highest BCUT2D eigenvalue weighted by molar-refractivity contribution is 7.80. The van der Waals surface area contributed by atoms with Gasteiger partial charge in [0.15, 0.2) is 0 Å². The van der Waals surface area contributed by atoms with Gasteiger partial charge in [-0.05, 0) is 19.3 Å². The van der Waals surface area contributed by atoms with Crippen LogP contribution in [-0.4, -0.2) is 11.2 Å². The fraction of sp³-hybridized carbons (Fsp3) is 0.944. The third-order valence-electron chi connectivity index (χ3n) is 4.24. The van der Waals surface area contributed by atoms with Gasteiger partial charge >= 0.3 is 0 Å². The highest BCUT2D eigenvalue weighted by atomic mass is 32.1. The molecule has 0 aromatic rings. The molecule has 0 saturated carbocycles. The van der Waals surface area contributed by atoms with Crippen LogP contribution in [0.15, 0.2) is 0 Å². The van der Waals surface area contributed by atoms with Gasteiger partial charge in [-0.2, -0.15) is 12.6 Å². The Hall–Kier alpha value is -0.220. The lowest BCUT2D eigenvalue weighted by molar-refractivity contribution is -0.121. The Morgan fingerprint density at radius 3 is 1.82 bits per heavy atom. The van der Waals surface area contributed by atoms with Crippen molar-refractivity contribution >= 4 is 18.5 Å². The standard InChI is InChI=1S/C18H38N2OS/c1-2-3-4-11-14-17(22)15-12-9-7-5-6-8-10-13-16-18(21)20-19/h17,22H,2-16,19H2,1H3,(H,20,21). The van der Waals surface area contributed by atoms with Crippen LogP contribution in [0.4, 0.5) is 0 Å². The van der Waals surface area contributed by atoms with Gasteiger partial charge in [0.25, 0.3) is 0 Å². The lowest BCUT2D eigenvalue weighted by Gasteiger charge is -2.10. The second-order valence-electron chi connectivity index (χ2n) is 6.44. The van der Waals surface area contributed by atoms with Crippen molar-refractivity contribution in [1.29, 1.82) is 0 Å². The molecular formula is C18H38N2OS. The smallest absolute Gasteiger partial charge is 0.233 e. The van der Waals surface area contributed by atoms with Crippen LogP contribution >= 0.6 is 12.6 Å². The molecular weight excluding hydrogens is 292 g/mol. The highest BCUT2D eigenvalue weighted by Gasteiger charge is 2.02. The van der Waals surface area contributed by atoms with Crippen molar-refractivity contribution in [2.24, 2.45) is 5.84 Å². The number of nitrogens with one attached hydrogen (secondary N) is 1. The van der Waals surface area contributed by atoms with Crippen LogP contribution in [0, 0.1) is 0 Å². The average molecular weight is 331 g/mol. The van der Waals surface area contributed by atoms with E-state index in [0.29, 0.717) is 11.7 Å². The number of carbonyl (C=O) groups excluding carboxylic acids is 1. The fourth-order valence-corrected chi connectivity index (χ4v) is 3.11. The molecule has 1 amide bonds. The summed E-state index contributed by atoms with van der Waals surface area (Å²) in [5.41, 5.74) is 2.17. The van der Waals surface area contributed by atoms with E-state index in [1.54, 1.807) is 0 Å². The number of hydrogen-bond donors (Lipinski definition) is 3. The molecule has 22 heavy (non-hydrogen) atoms. The van der Waals surface area contributed by atoms with E-state index < -0.39 is 0 Å². The van der Waals surface area contributed by atoms with E-state index in [4.69, 9.17) is 18.5 Å². The molecule has 3 nitrogen and oxygen atoms in total. The first-order valence-electron chi connectivity index (χ1n) is 9.38. The van der Waals surface area contributed by atoms with Crippen LogP contribution in [-0.2, 0) is 4.79 Å². The van der Waals surface area contributed by atoms with Crippen molar-refractivity contribution in [1.82, 2.24) is 5.43 Å². The largest absolute Gasteiger partial charge is 0.294 e. The minimum atomic E-state index is -0.0454. The van der Waals surface area contributed by atoms with Gasteiger partial charge in [-0.1, -0.05) is 77.6 Å². The Balaban J connectivity index is 3.14. The Kier molecular flexibility index (Phi) is 17.0. The molecule has 0 aromatic carbocycles. The molecule has 4 heteroatoms. The number of rotatable bonds is 16. The first-order valence-corrected chi connectivity index (χ1v) is 9.89. The molecule has 0 aliphatic heterocycles. The summed E-state index contributed by atoms with van der Waals surface area (Å²) in [4.78, 5) is 10.9. The summed E-state index contributed by atoms with van der Waals surface area (Å²) in [7, 11) is 0. The Bertz CT molecular complexity index is 249. The Morgan fingerprint density at radius 2 is 1.32 bits per heavy atom. The van der Waals surface area contributed by atoms with E-state index in [-0.39, 0.29) is 5.91 Å². The first kappa shape index (κ1) is 21.8. The van der Waals surface area contributed by atoms with E-state index >= 15 is 0 Å². The topological polar surface area (TPSA) is 55.1 Å². The maximum atomic E-state index is 10.9. The minimum Gasteiger partial charge on any atom is -0.294 e. The normalized spacial score (nSPS) is 12.3. The summed E-state index contributed by atoms with van der Waals surface area (Å²) in [6, 6.07) is 0. The van der Waals surface area contributed by atoms with Crippen molar-refractivity contribution in [2.75, 3.05) is 0 Å². The van der Waals surface area contributed by atoms with Gasteiger partial charge in [0.2, 0.25) is 5.91 Å². The number of carbonyl (C=O) groups is 1. The van der Waals surface area contributed by atoms with Crippen LogP contribution in [0.1, 0.15) is 103 Å². The molecule has 0 rings (SSSR count). The Morgan fingerprint density at radius 1 is 0.864 bits per heavy atom. The summed E-state index contributed by atoms with van der Waals surface area (Å²) >= 11 is 4.70. The molecule has 3 N–H and O–H groups in total. The van der Waals surface area contributed by atoms with Crippen LogP contribution in [0.5, 0.6) is 0 Å². The maximum Gasteiger partial charge on any atom is 0.233 e. The molecule has 132 valence electrons. The SMILES string of the molecule is CCCCCCC(S)CCCCCCCCCCC(=O)NN. The number of nitrogens with two attached hydrogens (primary N) is 1. The van der Waals surface area contributed by atoms with Crippen molar-refractivity contribution < 1.29 is 4.79 Å². The monoisotopic (exact) mass is 330 g/mol. The first-order chi connectivity index (χ1) is 10.7. The molecule has 1 atom stereocenters. The number of hydrazine groups is 1. The highest BCUT2D eigenvalue weighted by Crippen LogP contribution is 2.17. The molecule has 0 saturated heterocycles. The van der Waals surface area contributed by atoms with Gasteiger partial charge in [0.05, 0.1) is 0 Å². The second-order valence-corrected chi connectivity index (χ2v) is 7.17. The molecule has 0 aliphatic carbocycles. The molecule has 0 aromatic heterocycles. The van der Waals surface area contributed by atoms with E-state index in [0.717, 1.165) is 12.8 Å². The van der Waals surface area contributed by atoms with Crippen LogP contribution in [0.2, 0.25) is 0 Å². The molecule has 0 radical (unpaired) electrons. The van der Waals surface area contributed by atoms with Crippen LogP contribution < -0.4 is 11.3 Å². The van der Waals surface area contributed by atoms with Crippen molar-refractivity contribution in [3.05, 3.63) is 0 Å². The van der Waals surface area contributed by atoms with Gasteiger partial charge in [-0.25, -0.2) is 5.84 Å². The van der Waals surface area contributed by atoms with Crippen molar-refractivity contribution in [3.8, 4) is 0 Å². The van der Waals surface area contributed by atoms with Gasteiger partial charge in [-0.3, -0.25) is 10.2 Å². The number of thiol groups is 1. The summed E-state index contributed by atoms with van der Waals surface area (Å²) in [6.07, 6.45) is 18.6. The zero-order chi connectivity index (χ0) is 16.5. The Labute approximate surface area is 143 Å². The predicted molar refractivity (Wildman–Crippen MR) is 100 cm³/mol.